The summed E-state index contributed by atoms with van der Waals surface area (Å²) in [5, 5.41) is 6.70. The fourth-order valence-corrected chi connectivity index (χ4v) is 1.72. The number of benzene rings is 1. The fourth-order valence-electron chi connectivity index (χ4n) is 1.72. The molecule has 0 aliphatic carbocycles. The minimum Gasteiger partial charge on any atom is -0.497 e. The molecule has 0 unspecified atom stereocenters. The van der Waals surface area contributed by atoms with E-state index in [0.717, 1.165) is 5.69 Å². The summed E-state index contributed by atoms with van der Waals surface area (Å²) in [4.78, 5) is 12.0. The minimum absolute atomic E-state index is 0.0420. The number of carbonyl (C=O) groups excluding carboxylic acids is 1. The zero-order chi connectivity index (χ0) is 14.0. The predicted octanol–water partition coefficient (Wildman–Crippen LogP) is 2.13. The summed E-state index contributed by atoms with van der Waals surface area (Å²) in [6, 6.07) is 5.79. The second-order valence-electron chi connectivity index (χ2n) is 4.09. The molecule has 1 N–H and O–H groups in total. The van der Waals surface area contributed by atoms with E-state index >= 15 is 0 Å². The van der Waals surface area contributed by atoms with Crippen LogP contribution in [0.25, 0.3) is 0 Å². The lowest BCUT2D eigenvalue weighted by Gasteiger charge is -2.07. The van der Waals surface area contributed by atoms with Crippen molar-refractivity contribution in [1.29, 1.82) is 0 Å². The van der Waals surface area contributed by atoms with Gasteiger partial charge in [-0.15, -0.1) is 0 Å². The molecule has 5 nitrogen and oxygen atoms in total. The van der Waals surface area contributed by atoms with E-state index in [4.69, 9.17) is 4.74 Å². The molecule has 0 fully saturated rings. The lowest BCUT2D eigenvalue weighted by molar-refractivity contribution is 0.102. The van der Waals surface area contributed by atoms with Gasteiger partial charge in [0.1, 0.15) is 17.4 Å². The van der Waals surface area contributed by atoms with Gasteiger partial charge in [0.05, 0.1) is 18.4 Å². The number of hydrogen-bond donors (Lipinski definition) is 1. The monoisotopic (exact) mass is 263 g/mol. The van der Waals surface area contributed by atoms with Crippen LogP contribution in [0.15, 0.2) is 24.3 Å². The van der Waals surface area contributed by atoms with Crippen molar-refractivity contribution in [1.82, 2.24) is 9.78 Å². The van der Waals surface area contributed by atoms with Gasteiger partial charge in [-0.3, -0.25) is 9.48 Å². The molecule has 0 radical (unpaired) electrons. The molecular weight excluding hydrogens is 249 g/mol. The van der Waals surface area contributed by atoms with E-state index in [0.29, 0.717) is 11.6 Å². The summed E-state index contributed by atoms with van der Waals surface area (Å²) >= 11 is 0. The van der Waals surface area contributed by atoms with Crippen LogP contribution in [-0.2, 0) is 7.05 Å². The first-order chi connectivity index (χ1) is 9.01. The van der Waals surface area contributed by atoms with Crippen LogP contribution in [0.3, 0.4) is 0 Å². The number of aryl methyl sites for hydroxylation is 2. The van der Waals surface area contributed by atoms with Gasteiger partial charge in [0.2, 0.25) is 0 Å². The number of anilines is 1. The van der Waals surface area contributed by atoms with Crippen molar-refractivity contribution < 1.29 is 13.9 Å². The first-order valence-electron chi connectivity index (χ1n) is 5.67. The van der Waals surface area contributed by atoms with Crippen LogP contribution in [0.4, 0.5) is 10.2 Å². The van der Waals surface area contributed by atoms with Crippen molar-refractivity contribution in [2.75, 3.05) is 12.4 Å². The van der Waals surface area contributed by atoms with Crippen molar-refractivity contribution in [2.24, 2.45) is 7.05 Å². The predicted molar refractivity (Wildman–Crippen MR) is 68.9 cm³/mol. The Morgan fingerprint density at radius 1 is 1.42 bits per heavy atom. The molecule has 6 heteroatoms. The largest absolute Gasteiger partial charge is 0.497 e. The van der Waals surface area contributed by atoms with Crippen molar-refractivity contribution in [3.8, 4) is 5.75 Å². The molecule has 19 heavy (non-hydrogen) atoms. The fraction of sp³-hybridized carbons (Fsp3) is 0.231. The van der Waals surface area contributed by atoms with E-state index in [1.807, 2.05) is 6.92 Å². The lowest BCUT2D eigenvalue weighted by atomic mass is 10.2. The van der Waals surface area contributed by atoms with Gasteiger partial charge < -0.3 is 10.1 Å². The molecular formula is C13H14FN3O2. The van der Waals surface area contributed by atoms with Gasteiger partial charge in [-0.25, -0.2) is 4.39 Å². The summed E-state index contributed by atoms with van der Waals surface area (Å²) in [5.74, 6) is -0.276. The van der Waals surface area contributed by atoms with Gasteiger partial charge in [0.25, 0.3) is 5.91 Å². The van der Waals surface area contributed by atoms with Gasteiger partial charge in [-0.1, -0.05) is 0 Å². The van der Waals surface area contributed by atoms with Crippen LogP contribution in [0, 0.1) is 12.7 Å². The van der Waals surface area contributed by atoms with Crippen molar-refractivity contribution in [3.63, 3.8) is 0 Å². The molecule has 0 bridgehead atoms. The maximum atomic E-state index is 13.7. The molecule has 100 valence electrons. The summed E-state index contributed by atoms with van der Waals surface area (Å²) in [6.45, 7) is 1.81. The molecule has 1 aromatic carbocycles. The van der Waals surface area contributed by atoms with Crippen LogP contribution >= 0.6 is 0 Å². The van der Waals surface area contributed by atoms with Crippen LogP contribution < -0.4 is 10.1 Å². The molecule has 1 amide bonds. The maximum absolute atomic E-state index is 13.7. The number of rotatable bonds is 3. The first kappa shape index (κ1) is 13.1. The standard InChI is InChI=1S/C13H14FN3O2/c1-8-6-12(17(2)16-8)15-13(18)10-5-4-9(19-3)7-11(10)14/h4-7H,1-3H3,(H,15,18). The molecule has 0 aliphatic rings. The van der Waals surface area contributed by atoms with Gasteiger partial charge in [0.15, 0.2) is 0 Å². The van der Waals surface area contributed by atoms with Crippen molar-refractivity contribution in [3.05, 3.63) is 41.3 Å². The number of halogens is 1. The Balaban J connectivity index is 2.23. The highest BCUT2D eigenvalue weighted by atomic mass is 19.1. The maximum Gasteiger partial charge on any atom is 0.259 e. The highest BCUT2D eigenvalue weighted by Gasteiger charge is 2.14. The third-order valence-electron chi connectivity index (χ3n) is 2.66. The number of nitrogens with one attached hydrogen (secondary N) is 1. The Bertz CT molecular complexity index is 622. The molecule has 0 aliphatic heterocycles. The molecule has 0 spiro atoms. The van der Waals surface area contributed by atoms with E-state index in [1.54, 1.807) is 13.1 Å². The van der Waals surface area contributed by atoms with Crippen molar-refractivity contribution >= 4 is 11.7 Å². The van der Waals surface area contributed by atoms with E-state index in [2.05, 4.69) is 10.4 Å². The SMILES string of the molecule is COc1ccc(C(=O)Nc2cc(C)nn2C)c(F)c1. The van der Waals surface area contributed by atoms with Gasteiger partial charge >= 0.3 is 0 Å². The highest BCUT2D eigenvalue weighted by Crippen LogP contribution is 2.18. The summed E-state index contributed by atoms with van der Waals surface area (Å²) < 4.78 is 20.1. The summed E-state index contributed by atoms with van der Waals surface area (Å²) in [5.41, 5.74) is 0.729. The number of ether oxygens (including phenoxy) is 1. The molecule has 0 atom stereocenters. The van der Waals surface area contributed by atoms with E-state index in [-0.39, 0.29) is 5.56 Å². The Kier molecular flexibility index (Phi) is 3.50. The average Bonchev–Trinajstić information content (AvgIpc) is 2.67. The Labute approximate surface area is 110 Å². The summed E-state index contributed by atoms with van der Waals surface area (Å²) in [6.07, 6.45) is 0. The highest BCUT2D eigenvalue weighted by molar-refractivity contribution is 6.04. The zero-order valence-electron chi connectivity index (χ0n) is 10.9. The Hall–Kier alpha value is -2.37. The number of hydrogen-bond acceptors (Lipinski definition) is 3. The van der Waals surface area contributed by atoms with E-state index < -0.39 is 11.7 Å². The van der Waals surface area contributed by atoms with E-state index in [9.17, 15) is 9.18 Å². The molecule has 0 saturated carbocycles. The van der Waals surface area contributed by atoms with Gasteiger partial charge in [0, 0.05) is 19.2 Å². The molecule has 2 rings (SSSR count). The van der Waals surface area contributed by atoms with Crippen LogP contribution in [0.2, 0.25) is 0 Å². The molecule has 0 saturated heterocycles. The second kappa shape index (κ2) is 5.09. The zero-order valence-corrected chi connectivity index (χ0v) is 10.9. The normalized spacial score (nSPS) is 10.3. The second-order valence-corrected chi connectivity index (χ2v) is 4.09. The topological polar surface area (TPSA) is 56.1 Å². The number of amides is 1. The Morgan fingerprint density at radius 2 is 2.16 bits per heavy atom. The minimum atomic E-state index is -0.629. The number of aromatic nitrogens is 2. The number of nitrogens with zero attached hydrogens (tertiary/aromatic N) is 2. The quantitative estimate of drug-likeness (QED) is 0.923. The summed E-state index contributed by atoms with van der Waals surface area (Å²) in [7, 11) is 3.14. The van der Waals surface area contributed by atoms with Crippen LogP contribution in [0.1, 0.15) is 16.1 Å². The van der Waals surface area contributed by atoms with Crippen LogP contribution in [-0.4, -0.2) is 22.8 Å². The van der Waals surface area contributed by atoms with Gasteiger partial charge in [-0.05, 0) is 19.1 Å². The number of methoxy groups -OCH3 is 1. The smallest absolute Gasteiger partial charge is 0.259 e. The van der Waals surface area contributed by atoms with Crippen LogP contribution in [0.5, 0.6) is 5.75 Å². The molecule has 2 aromatic rings. The average molecular weight is 263 g/mol. The van der Waals surface area contributed by atoms with Crippen molar-refractivity contribution in [2.45, 2.75) is 6.92 Å². The molecule has 1 aromatic heterocycles. The third kappa shape index (κ3) is 2.73. The Morgan fingerprint density at radius 3 is 2.68 bits per heavy atom. The van der Waals surface area contributed by atoms with Gasteiger partial charge in [-0.2, -0.15) is 5.10 Å². The first-order valence-corrected chi connectivity index (χ1v) is 5.67. The number of carbonyl (C=O) groups is 1. The van der Waals surface area contributed by atoms with E-state index in [1.165, 1.54) is 30.0 Å². The lowest BCUT2D eigenvalue weighted by Crippen LogP contribution is -2.16. The third-order valence-corrected chi connectivity index (χ3v) is 2.66. The molecule has 1 heterocycles.